The maximum atomic E-state index is 5.53. The molecule has 0 radical (unpaired) electrons. The zero-order chi connectivity index (χ0) is 19.5. The maximum Gasteiger partial charge on any atom is 0.229 e. The SMILES string of the molecule is CC(Cc1ccc2ooc2c1CC(C)OOC(C)(C)C)OOC(C)(C)C. The summed E-state index contributed by atoms with van der Waals surface area (Å²) in [6.07, 6.45) is 1.10. The van der Waals surface area contributed by atoms with Crippen molar-refractivity contribution in [2.75, 3.05) is 0 Å². The quantitative estimate of drug-likeness (QED) is 0.460. The van der Waals surface area contributed by atoms with Crippen LogP contribution in [0.15, 0.2) is 21.3 Å². The summed E-state index contributed by atoms with van der Waals surface area (Å²) < 4.78 is 10.3. The van der Waals surface area contributed by atoms with Gasteiger partial charge in [0, 0.05) is 18.4 Å². The summed E-state index contributed by atoms with van der Waals surface area (Å²) >= 11 is 0. The van der Waals surface area contributed by atoms with Crippen molar-refractivity contribution in [2.24, 2.45) is 0 Å². The van der Waals surface area contributed by atoms with E-state index in [1.807, 2.05) is 67.5 Å². The summed E-state index contributed by atoms with van der Waals surface area (Å²) in [7, 11) is 0. The molecule has 2 rings (SSSR count). The molecule has 1 aromatic carbocycles. The van der Waals surface area contributed by atoms with Gasteiger partial charge in [-0.3, -0.25) is 9.15 Å². The first-order chi connectivity index (χ1) is 11.9. The van der Waals surface area contributed by atoms with Crippen LogP contribution >= 0.6 is 0 Å². The van der Waals surface area contributed by atoms with Crippen molar-refractivity contribution >= 4 is 11.2 Å². The van der Waals surface area contributed by atoms with Gasteiger partial charge in [-0.15, -0.1) is 0 Å². The molecule has 2 unspecified atom stereocenters. The van der Waals surface area contributed by atoms with Crippen molar-refractivity contribution in [3.63, 3.8) is 0 Å². The fourth-order valence-corrected chi connectivity index (χ4v) is 2.39. The van der Waals surface area contributed by atoms with E-state index in [9.17, 15) is 0 Å². The fraction of sp³-hybridized carbons (Fsp3) is 0.700. The Bertz CT molecular complexity index is 685. The molecule has 2 aromatic rings. The van der Waals surface area contributed by atoms with Crippen LogP contribution in [0.2, 0.25) is 0 Å². The van der Waals surface area contributed by atoms with E-state index in [0.29, 0.717) is 12.8 Å². The number of rotatable bonds is 8. The van der Waals surface area contributed by atoms with Gasteiger partial charge in [0.25, 0.3) is 0 Å². The van der Waals surface area contributed by atoms with E-state index in [4.69, 9.17) is 28.7 Å². The van der Waals surface area contributed by atoms with Crippen LogP contribution < -0.4 is 0 Å². The Kier molecular flexibility index (Phi) is 6.55. The molecular formula is C20H32O6. The van der Waals surface area contributed by atoms with Crippen LogP contribution in [-0.2, 0) is 32.4 Å². The van der Waals surface area contributed by atoms with Crippen molar-refractivity contribution in [3.05, 3.63) is 23.3 Å². The third kappa shape index (κ3) is 6.43. The minimum Gasteiger partial charge on any atom is -0.286 e. The highest BCUT2D eigenvalue weighted by Crippen LogP contribution is 2.29. The third-order valence-corrected chi connectivity index (χ3v) is 3.46. The highest BCUT2D eigenvalue weighted by atomic mass is 17.2. The van der Waals surface area contributed by atoms with Crippen LogP contribution in [-0.4, -0.2) is 23.4 Å². The van der Waals surface area contributed by atoms with Gasteiger partial charge in [0.05, 0.1) is 23.4 Å². The largest absolute Gasteiger partial charge is 0.286 e. The summed E-state index contributed by atoms with van der Waals surface area (Å²) in [4.78, 5) is 21.9. The molecule has 6 nitrogen and oxygen atoms in total. The summed E-state index contributed by atoms with van der Waals surface area (Å²) in [6, 6.07) is 3.94. The van der Waals surface area contributed by atoms with E-state index in [1.54, 1.807) is 0 Å². The van der Waals surface area contributed by atoms with Crippen LogP contribution in [0.25, 0.3) is 11.2 Å². The van der Waals surface area contributed by atoms with Gasteiger partial charge in [0.1, 0.15) is 0 Å². The molecule has 0 saturated carbocycles. The highest BCUT2D eigenvalue weighted by Gasteiger charge is 2.22. The van der Waals surface area contributed by atoms with Gasteiger partial charge < -0.3 is 0 Å². The van der Waals surface area contributed by atoms with Crippen LogP contribution in [0.3, 0.4) is 0 Å². The zero-order valence-electron chi connectivity index (χ0n) is 17.2. The summed E-state index contributed by atoms with van der Waals surface area (Å²) in [5.41, 5.74) is 2.96. The van der Waals surface area contributed by atoms with E-state index >= 15 is 0 Å². The molecule has 0 spiro atoms. The molecule has 2 atom stereocenters. The second kappa shape index (κ2) is 8.13. The second-order valence-corrected chi connectivity index (χ2v) is 8.81. The first-order valence-electron chi connectivity index (χ1n) is 9.13. The van der Waals surface area contributed by atoms with E-state index < -0.39 is 0 Å². The van der Waals surface area contributed by atoms with Gasteiger partial charge in [0.2, 0.25) is 11.2 Å². The Morgan fingerprint density at radius 1 is 0.808 bits per heavy atom. The average Bonchev–Trinajstić information content (AvgIpc) is 2.46. The van der Waals surface area contributed by atoms with Crippen LogP contribution in [0.1, 0.15) is 66.5 Å². The molecule has 0 amide bonds. The lowest BCUT2D eigenvalue weighted by Gasteiger charge is -2.23. The molecule has 0 aliphatic carbocycles. The van der Waals surface area contributed by atoms with E-state index in [1.165, 1.54) is 0 Å². The Morgan fingerprint density at radius 2 is 1.35 bits per heavy atom. The molecule has 0 bridgehead atoms. The number of fused-ring (bicyclic) bond motifs is 1. The standard InChI is InChI=1S/C20H32O6/c1-13(21-25-19(3,4)5)11-15-9-10-17-18(24-23-17)16(15)12-14(2)22-26-20(6,7)8/h9-10,13-14H,11-12H2,1-8H3. The molecule has 0 aliphatic heterocycles. The lowest BCUT2D eigenvalue weighted by molar-refractivity contribution is -0.370. The molecular weight excluding hydrogens is 336 g/mol. The Morgan fingerprint density at radius 3 is 1.81 bits per heavy atom. The smallest absolute Gasteiger partial charge is 0.229 e. The Hall–Kier alpha value is -1.34. The lowest BCUT2D eigenvalue weighted by Crippen LogP contribution is -2.25. The van der Waals surface area contributed by atoms with Gasteiger partial charge in [-0.05, 0) is 67.0 Å². The molecule has 0 N–H and O–H groups in total. The topological polar surface area (TPSA) is 63.2 Å². The number of hydrogen-bond donors (Lipinski definition) is 0. The van der Waals surface area contributed by atoms with Gasteiger partial charge in [-0.1, -0.05) is 6.07 Å². The summed E-state index contributed by atoms with van der Waals surface area (Å²) in [5.74, 6) is 0. The zero-order valence-corrected chi connectivity index (χ0v) is 17.2. The first kappa shape index (κ1) is 21.0. The maximum absolute atomic E-state index is 5.53. The molecule has 148 valence electrons. The fourth-order valence-electron chi connectivity index (χ4n) is 2.39. The average molecular weight is 368 g/mol. The molecule has 0 fully saturated rings. The van der Waals surface area contributed by atoms with Crippen molar-refractivity contribution in [3.8, 4) is 0 Å². The molecule has 1 aromatic heterocycles. The minimum absolute atomic E-state index is 0.103. The van der Waals surface area contributed by atoms with Crippen molar-refractivity contribution in [1.82, 2.24) is 0 Å². The second-order valence-electron chi connectivity index (χ2n) is 8.81. The minimum atomic E-state index is -0.356. The predicted molar refractivity (Wildman–Crippen MR) is 98.7 cm³/mol. The molecule has 6 heteroatoms. The highest BCUT2D eigenvalue weighted by molar-refractivity contribution is 5.76. The van der Waals surface area contributed by atoms with Crippen molar-refractivity contribution < 1.29 is 28.7 Å². The predicted octanol–water partition coefficient (Wildman–Crippen LogP) is 5.38. The molecule has 1 heterocycles. The Balaban J connectivity index is 2.06. The van der Waals surface area contributed by atoms with Gasteiger partial charge in [-0.25, -0.2) is 19.6 Å². The van der Waals surface area contributed by atoms with Gasteiger partial charge in [-0.2, -0.15) is 0 Å². The molecule has 26 heavy (non-hydrogen) atoms. The van der Waals surface area contributed by atoms with Crippen molar-refractivity contribution in [2.45, 2.75) is 91.6 Å². The lowest BCUT2D eigenvalue weighted by atomic mass is 9.97. The van der Waals surface area contributed by atoms with E-state index in [2.05, 4.69) is 0 Å². The monoisotopic (exact) mass is 368 g/mol. The summed E-state index contributed by atoms with van der Waals surface area (Å²) in [5, 5.41) is 0. The van der Waals surface area contributed by atoms with Gasteiger partial charge >= 0.3 is 0 Å². The Labute approximate surface area is 155 Å². The molecule has 0 saturated heterocycles. The van der Waals surface area contributed by atoms with E-state index in [-0.39, 0.29) is 23.4 Å². The van der Waals surface area contributed by atoms with Crippen LogP contribution in [0.5, 0.6) is 0 Å². The molecule has 0 aliphatic rings. The van der Waals surface area contributed by atoms with Crippen molar-refractivity contribution in [1.29, 1.82) is 0 Å². The van der Waals surface area contributed by atoms with Crippen LogP contribution in [0.4, 0.5) is 0 Å². The summed E-state index contributed by atoms with van der Waals surface area (Å²) in [6.45, 7) is 15.7. The van der Waals surface area contributed by atoms with Crippen LogP contribution in [0, 0.1) is 0 Å². The van der Waals surface area contributed by atoms with E-state index in [0.717, 1.165) is 22.3 Å². The third-order valence-electron chi connectivity index (χ3n) is 3.46. The normalized spacial score (nSPS) is 15.5. The first-order valence-corrected chi connectivity index (χ1v) is 9.13. The number of hydrogen-bond acceptors (Lipinski definition) is 6. The number of benzene rings is 1. The van der Waals surface area contributed by atoms with Gasteiger partial charge in [0.15, 0.2) is 0 Å².